The van der Waals surface area contributed by atoms with Gasteiger partial charge in [0.05, 0.1) is 0 Å². The lowest BCUT2D eigenvalue weighted by Gasteiger charge is -2.14. The van der Waals surface area contributed by atoms with E-state index in [0.29, 0.717) is 5.92 Å². The molecule has 0 bridgehead atoms. The Morgan fingerprint density at radius 1 is 1.27 bits per heavy atom. The first-order valence-corrected chi connectivity index (χ1v) is 6.35. The van der Waals surface area contributed by atoms with Crippen LogP contribution in [0.2, 0.25) is 0 Å². The number of hydrogen-bond acceptors (Lipinski definition) is 0. The molecule has 0 amide bonds. The lowest BCUT2D eigenvalue weighted by atomic mass is 9.92. The lowest BCUT2D eigenvalue weighted by molar-refractivity contribution is 0.816. The van der Waals surface area contributed by atoms with Crippen molar-refractivity contribution in [1.29, 1.82) is 0 Å². The van der Waals surface area contributed by atoms with E-state index < -0.39 is 0 Å². The molecule has 0 radical (unpaired) electrons. The summed E-state index contributed by atoms with van der Waals surface area (Å²) in [7, 11) is 0. The molecular weight excluding hydrogens is 180 g/mol. The second-order valence-corrected chi connectivity index (χ2v) is 5.14. The summed E-state index contributed by atoms with van der Waals surface area (Å²) in [6.07, 6.45) is 5.30. The Bertz CT molecular complexity index is 332. The van der Waals surface area contributed by atoms with Crippen LogP contribution in [0.1, 0.15) is 68.6 Å². The van der Waals surface area contributed by atoms with E-state index in [0.717, 1.165) is 5.92 Å². The molecule has 0 spiro atoms. The van der Waals surface area contributed by atoms with Crippen molar-refractivity contribution in [3.63, 3.8) is 0 Å². The molecule has 1 saturated carbocycles. The average molecular weight is 202 g/mol. The summed E-state index contributed by atoms with van der Waals surface area (Å²) in [6.45, 7) is 6.88. The van der Waals surface area contributed by atoms with Gasteiger partial charge >= 0.3 is 0 Å². The molecule has 1 fully saturated rings. The van der Waals surface area contributed by atoms with Crippen LogP contribution in [0.25, 0.3) is 0 Å². The summed E-state index contributed by atoms with van der Waals surface area (Å²) < 4.78 is 0. The zero-order valence-electron chi connectivity index (χ0n) is 10.2. The fourth-order valence-corrected chi connectivity index (χ4v) is 2.32. The van der Waals surface area contributed by atoms with E-state index in [4.69, 9.17) is 0 Å². The van der Waals surface area contributed by atoms with Crippen LogP contribution < -0.4 is 0 Å². The number of hydrogen-bond donors (Lipinski definition) is 0. The first kappa shape index (κ1) is 10.7. The highest BCUT2D eigenvalue weighted by Crippen LogP contribution is 2.41. The summed E-state index contributed by atoms with van der Waals surface area (Å²) in [6, 6.07) is 7.19. The average Bonchev–Trinajstić information content (AvgIpc) is 3.02. The molecule has 0 heterocycles. The van der Waals surface area contributed by atoms with Crippen molar-refractivity contribution in [3.8, 4) is 0 Å². The van der Waals surface area contributed by atoms with Crippen LogP contribution in [0, 0.1) is 0 Å². The third-order valence-electron chi connectivity index (χ3n) is 3.36. The van der Waals surface area contributed by atoms with Crippen LogP contribution >= 0.6 is 0 Å². The summed E-state index contributed by atoms with van der Waals surface area (Å²) in [5, 5.41) is 0. The normalized spacial score (nSPS) is 16.0. The third-order valence-corrected chi connectivity index (χ3v) is 3.36. The summed E-state index contributed by atoms with van der Waals surface area (Å²) in [5.74, 6) is 1.56. The highest BCUT2D eigenvalue weighted by atomic mass is 14.3. The Morgan fingerprint density at radius 3 is 2.53 bits per heavy atom. The van der Waals surface area contributed by atoms with Crippen LogP contribution in [-0.2, 0) is 6.42 Å². The van der Waals surface area contributed by atoms with Crippen molar-refractivity contribution in [2.45, 2.75) is 58.3 Å². The molecule has 0 aliphatic heterocycles. The Labute approximate surface area is 93.7 Å². The fraction of sp³-hybridized carbons (Fsp3) is 0.600. The second-order valence-electron chi connectivity index (χ2n) is 5.14. The maximum atomic E-state index is 2.47. The minimum atomic E-state index is 0.672. The highest BCUT2D eigenvalue weighted by molar-refractivity contribution is 5.37. The molecule has 1 aliphatic rings. The van der Waals surface area contributed by atoms with Gasteiger partial charge in [-0.2, -0.15) is 0 Å². The van der Waals surface area contributed by atoms with Gasteiger partial charge in [0.15, 0.2) is 0 Å². The van der Waals surface area contributed by atoms with Gasteiger partial charge in [-0.25, -0.2) is 0 Å². The Kier molecular flexibility index (Phi) is 3.14. The van der Waals surface area contributed by atoms with Gasteiger partial charge in [0.1, 0.15) is 0 Å². The quantitative estimate of drug-likeness (QED) is 0.667. The standard InChI is InChI=1S/C15H22/c1-4-5-13-8-9-14(12-6-7-12)10-15(13)11(2)3/h8-12H,4-7H2,1-3H3. The lowest BCUT2D eigenvalue weighted by Crippen LogP contribution is -1.97. The topological polar surface area (TPSA) is 0 Å². The van der Waals surface area contributed by atoms with E-state index in [1.807, 2.05) is 0 Å². The molecule has 0 saturated heterocycles. The predicted molar refractivity (Wildman–Crippen MR) is 66.5 cm³/mol. The molecule has 2 rings (SSSR count). The Balaban J connectivity index is 2.30. The van der Waals surface area contributed by atoms with Gasteiger partial charge in [-0.1, -0.05) is 45.4 Å². The molecule has 0 heteroatoms. The monoisotopic (exact) mass is 202 g/mol. The fourth-order valence-electron chi connectivity index (χ4n) is 2.32. The first-order chi connectivity index (χ1) is 7.22. The maximum absolute atomic E-state index is 2.47. The van der Waals surface area contributed by atoms with Crippen LogP contribution in [0.15, 0.2) is 18.2 Å². The van der Waals surface area contributed by atoms with Crippen molar-refractivity contribution >= 4 is 0 Å². The molecular formula is C15H22. The summed E-state index contributed by atoms with van der Waals surface area (Å²) in [4.78, 5) is 0. The Morgan fingerprint density at radius 2 is 2.00 bits per heavy atom. The van der Waals surface area contributed by atoms with Gasteiger partial charge in [-0.15, -0.1) is 0 Å². The van der Waals surface area contributed by atoms with E-state index in [-0.39, 0.29) is 0 Å². The maximum Gasteiger partial charge on any atom is -0.0161 e. The van der Waals surface area contributed by atoms with Gasteiger partial charge in [-0.3, -0.25) is 0 Å². The molecule has 0 atom stereocenters. The van der Waals surface area contributed by atoms with Crippen LogP contribution in [0.5, 0.6) is 0 Å². The molecule has 1 aliphatic carbocycles. The minimum Gasteiger partial charge on any atom is -0.0651 e. The molecule has 1 aromatic carbocycles. The molecule has 0 nitrogen and oxygen atoms in total. The van der Waals surface area contributed by atoms with Gasteiger partial charge in [0.25, 0.3) is 0 Å². The molecule has 0 N–H and O–H groups in total. The van der Waals surface area contributed by atoms with E-state index in [1.165, 1.54) is 25.7 Å². The van der Waals surface area contributed by atoms with Gasteiger partial charge < -0.3 is 0 Å². The number of aryl methyl sites for hydroxylation is 1. The zero-order valence-corrected chi connectivity index (χ0v) is 10.2. The molecule has 15 heavy (non-hydrogen) atoms. The third kappa shape index (κ3) is 2.42. The highest BCUT2D eigenvalue weighted by Gasteiger charge is 2.24. The smallest absolute Gasteiger partial charge is 0.0161 e. The largest absolute Gasteiger partial charge is 0.0651 e. The van der Waals surface area contributed by atoms with Crippen molar-refractivity contribution < 1.29 is 0 Å². The van der Waals surface area contributed by atoms with Crippen LogP contribution in [0.3, 0.4) is 0 Å². The predicted octanol–water partition coefficient (Wildman–Crippen LogP) is 4.64. The van der Waals surface area contributed by atoms with E-state index in [9.17, 15) is 0 Å². The van der Waals surface area contributed by atoms with Gasteiger partial charge in [0, 0.05) is 0 Å². The molecule has 0 unspecified atom stereocenters. The summed E-state index contributed by atoms with van der Waals surface area (Å²) in [5.41, 5.74) is 4.73. The summed E-state index contributed by atoms with van der Waals surface area (Å²) >= 11 is 0. The molecule has 1 aromatic rings. The Hall–Kier alpha value is -0.780. The van der Waals surface area contributed by atoms with Crippen LogP contribution in [-0.4, -0.2) is 0 Å². The van der Waals surface area contributed by atoms with Crippen LogP contribution in [0.4, 0.5) is 0 Å². The van der Waals surface area contributed by atoms with Crippen molar-refractivity contribution in [2.24, 2.45) is 0 Å². The molecule has 0 aromatic heterocycles. The van der Waals surface area contributed by atoms with Gasteiger partial charge in [0.2, 0.25) is 0 Å². The molecule has 82 valence electrons. The SMILES string of the molecule is CCCc1ccc(C2CC2)cc1C(C)C. The number of rotatable bonds is 4. The van der Waals surface area contributed by atoms with Crippen molar-refractivity contribution in [1.82, 2.24) is 0 Å². The minimum absolute atomic E-state index is 0.672. The zero-order chi connectivity index (χ0) is 10.8. The van der Waals surface area contributed by atoms with Crippen molar-refractivity contribution in [3.05, 3.63) is 34.9 Å². The van der Waals surface area contributed by atoms with Gasteiger partial charge in [-0.05, 0) is 47.8 Å². The number of benzene rings is 1. The van der Waals surface area contributed by atoms with Crippen molar-refractivity contribution in [2.75, 3.05) is 0 Å². The first-order valence-electron chi connectivity index (χ1n) is 6.35. The van der Waals surface area contributed by atoms with E-state index in [1.54, 1.807) is 16.7 Å². The van der Waals surface area contributed by atoms with E-state index in [2.05, 4.69) is 39.0 Å². The van der Waals surface area contributed by atoms with E-state index >= 15 is 0 Å². The second kappa shape index (κ2) is 4.38.